The van der Waals surface area contributed by atoms with Crippen LogP contribution in [-0.4, -0.2) is 61.0 Å². The summed E-state index contributed by atoms with van der Waals surface area (Å²) in [5.41, 5.74) is -1.83. The molecule has 1 aliphatic heterocycles. The lowest BCUT2D eigenvalue weighted by atomic mass is 9.94. The van der Waals surface area contributed by atoms with Crippen LogP contribution in [0.5, 0.6) is 0 Å². The third kappa shape index (κ3) is 6.02. The number of aliphatic hydroxyl groups is 1. The van der Waals surface area contributed by atoms with E-state index in [9.17, 15) is 23.5 Å². The Morgan fingerprint density at radius 1 is 1.07 bits per heavy atom. The van der Waals surface area contributed by atoms with Gasteiger partial charge in [-0.2, -0.15) is 0 Å². The number of fused-ring (bicyclic) bond motifs is 1. The molecule has 2 fully saturated rings. The Bertz CT molecular complexity index is 1500. The van der Waals surface area contributed by atoms with Crippen molar-refractivity contribution in [2.45, 2.75) is 82.8 Å². The van der Waals surface area contributed by atoms with Crippen LogP contribution < -0.4 is 5.32 Å². The maximum absolute atomic E-state index is 15.9. The van der Waals surface area contributed by atoms with E-state index < -0.39 is 34.8 Å². The van der Waals surface area contributed by atoms with Gasteiger partial charge < -0.3 is 24.5 Å². The van der Waals surface area contributed by atoms with E-state index in [0.29, 0.717) is 31.6 Å². The van der Waals surface area contributed by atoms with Gasteiger partial charge in [0.15, 0.2) is 11.5 Å². The highest BCUT2D eigenvalue weighted by molar-refractivity contribution is 6.03. The molecule has 220 valence electrons. The molecule has 0 spiro atoms. The number of nitrogens with zero attached hydrogens (tertiary/aromatic N) is 4. The average Bonchev–Trinajstić information content (AvgIpc) is 3.30. The van der Waals surface area contributed by atoms with Crippen LogP contribution in [0.4, 0.5) is 23.7 Å². The fourth-order valence-corrected chi connectivity index (χ4v) is 5.17. The van der Waals surface area contributed by atoms with Gasteiger partial charge in [-0.05, 0) is 59.6 Å². The number of nitrogens with one attached hydrogen (secondary N) is 1. The zero-order valence-electron chi connectivity index (χ0n) is 23.7. The zero-order valence-corrected chi connectivity index (χ0v) is 23.7. The fourth-order valence-electron chi connectivity index (χ4n) is 5.17. The molecule has 5 rings (SSSR count). The van der Waals surface area contributed by atoms with Crippen molar-refractivity contribution in [3.8, 4) is 0 Å². The van der Waals surface area contributed by atoms with E-state index in [1.807, 2.05) is 20.8 Å². The number of hydrogen-bond acceptors (Lipinski definition) is 6. The maximum atomic E-state index is 15.9. The van der Waals surface area contributed by atoms with Gasteiger partial charge in [0.25, 0.3) is 11.8 Å². The molecule has 0 aromatic carbocycles. The number of ether oxygens (including phenoxy) is 1. The van der Waals surface area contributed by atoms with Gasteiger partial charge in [-0.25, -0.2) is 27.9 Å². The van der Waals surface area contributed by atoms with Gasteiger partial charge in [0.2, 0.25) is 0 Å². The molecule has 3 aromatic rings. The highest BCUT2D eigenvalue weighted by atomic mass is 19.3. The molecule has 1 atom stereocenters. The SMILES string of the molecule is CC(C)(C)OC(=O)N1CCC(c2cn3cc(NC(=O)c4cccc(C5CC5(F)F)n4)c(C(C)(C)O)c(F)c3n2)CC1. The molecule has 4 heterocycles. The Kier molecular flexibility index (Phi) is 7.04. The van der Waals surface area contributed by atoms with Gasteiger partial charge in [0, 0.05) is 43.4 Å². The topological polar surface area (TPSA) is 109 Å². The summed E-state index contributed by atoms with van der Waals surface area (Å²) < 4.78 is 49.9. The number of aromatic nitrogens is 3. The first-order valence-corrected chi connectivity index (χ1v) is 13.6. The summed E-state index contributed by atoms with van der Waals surface area (Å²) >= 11 is 0. The monoisotopic (exact) mass is 573 g/mol. The molecule has 0 radical (unpaired) electrons. The fraction of sp³-hybridized carbons (Fsp3) is 0.517. The minimum Gasteiger partial charge on any atom is -0.444 e. The second-order valence-corrected chi connectivity index (χ2v) is 12.3. The number of likely N-dealkylation sites (tertiary alicyclic amines) is 1. The first-order chi connectivity index (χ1) is 19.0. The van der Waals surface area contributed by atoms with Crippen LogP contribution in [-0.2, 0) is 10.3 Å². The number of piperidine rings is 1. The minimum atomic E-state index is -2.84. The smallest absolute Gasteiger partial charge is 0.410 e. The number of alkyl halides is 2. The predicted octanol–water partition coefficient (Wildman–Crippen LogP) is 5.59. The molecule has 3 aromatic heterocycles. The molecule has 2 amide bonds. The molecular weight excluding hydrogens is 539 g/mol. The Morgan fingerprint density at radius 3 is 2.32 bits per heavy atom. The van der Waals surface area contributed by atoms with E-state index in [1.165, 1.54) is 42.6 Å². The minimum absolute atomic E-state index is 0.000139. The summed E-state index contributed by atoms with van der Waals surface area (Å²) in [6.45, 7) is 9.14. The molecule has 1 unspecified atom stereocenters. The van der Waals surface area contributed by atoms with Crippen LogP contribution in [0.15, 0.2) is 30.6 Å². The number of anilines is 1. The van der Waals surface area contributed by atoms with Crippen molar-refractivity contribution in [3.63, 3.8) is 0 Å². The average molecular weight is 574 g/mol. The number of amides is 2. The molecular formula is C29H34F3N5O4. The first-order valence-electron chi connectivity index (χ1n) is 13.6. The molecule has 41 heavy (non-hydrogen) atoms. The molecule has 2 aliphatic rings. The Balaban J connectivity index is 1.39. The second kappa shape index (κ2) is 10.0. The van der Waals surface area contributed by atoms with Gasteiger partial charge in [-0.1, -0.05) is 6.07 Å². The van der Waals surface area contributed by atoms with Gasteiger partial charge in [0.1, 0.15) is 11.3 Å². The largest absolute Gasteiger partial charge is 0.444 e. The van der Waals surface area contributed by atoms with Crippen LogP contribution >= 0.6 is 0 Å². The van der Waals surface area contributed by atoms with Gasteiger partial charge in [-0.3, -0.25) is 4.79 Å². The third-order valence-corrected chi connectivity index (χ3v) is 7.32. The summed E-state index contributed by atoms with van der Waals surface area (Å²) in [5, 5.41) is 13.4. The molecule has 9 nitrogen and oxygen atoms in total. The number of carbonyl (C=O) groups is 2. The summed E-state index contributed by atoms with van der Waals surface area (Å²) in [6.07, 6.45) is 3.65. The highest BCUT2D eigenvalue weighted by Crippen LogP contribution is 2.55. The molecule has 1 saturated carbocycles. The summed E-state index contributed by atoms with van der Waals surface area (Å²) in [6, 6.07) is 4.31. The molecule has 0 bridgehead atoms. The third-order valence-electron chi connectivity index (χ3n) is 7.32. The van der Waals surface area contributed by atoms with E-state index in [0.717, 1.165) is 0 Å². The van der Waals surface area contributed by atoms with E-state index in [4.69, 9.17) is 4.74 Å². The standard InChI is InChI=1S/C29H34F3N5O4/c1-27(2,3)41-26(39)36-11-9-16(10-12-36)20-14-37-15-21(22(28(4,5)40)23(30)24(37)34-20)35-25(38)19-8-6-7-18(33-19)17-13-29(17,31)32/h6-8,14-17,40H,9-13H2,1-5H3,(H,35,38). The molecule has 1 saturated heterocycles. The van der Waals surface area contributed by atoms with Crippen LogP contribution in [0.1, 0.15) is 93.2 Å². The van der Waals surface area contributed by atoms with Crippen molar-refractivity contribution in [2.75, 3.05) is 18.4 Å². The van der Waals surface area contributed by atoms with Gasteiger partial charge in [-0.15, -0.1) is 0 Å². The van der Waals surface area contributed by atoms with Crippen molar-refractivity contribution < 1.29 is 32.6 Å². The lowest BCUT2D eigenvalue weighted by Crippen LogP contribution is -2.41. The van der Waals surface area contributed by atoms with Crippen molar-refractivity contribution in [2.24, 2.45) is 0 Å². The number of imidazole rings is 1. The van der Waals surface area contributed by atoms with E-state index in [1.54, 1.807) is 11.1 Å². The predicted molar refractivity (Wildman–Crippen MR) is 145 cm³/mol. The Hall–Kier alpha value is -3.67. The van der Waals surface area contributed by atoms with E-state index in [-0.39, 0.29) is 46.7 Å². The summed E-state index contributed by atoms with van der Waals surface area (Å²) in [4.78, 5) is 35.8. The van der Waals surface area contributed by atoms with Crippen molar-refractivity contribution in [1.29, 1.82) is 0 Å². The molecule has 1 aliphatic carbocycles. The van der Waals surface area contributed by atoms with E-state index >= 15 is 4.39 Å². The Morgan fingerprint density at radius 2 is 1.73 bits per heavy atom. The number of pyridine rings is 2. The molecule has 2 N–H and O–H groups in total. The van der Waals surface area contributed by atoms with Crippen LogP contribution in [0.2, 0.25) is 0 Å². The van der Waals surface area contributed by atoms with Crippen molar-refractivity contribution >= 4 is 23.3 Å². The summed E-state index contributed by atoms with van der Waals surface area (Å²) in [7, 11) is 0. The number of hydrogen-bond donors (Lipinski definition) is 2. The summed E-state index contributed by atoms with van der Waals surface area (Å²) in [5.74, 6) is -5.43. The van der Waals surface area contributed by atoms with E-state index in [2.05, 4.69) is 15.3 Å². The second-order valence-electron chi connectivity index (χ2n) is 12.3. The maximum Gasteiger partial charge on any atom is 0.410 e. The van der Waals surface area contributed by atoms with Gasteiger partial charge >= 0.3 is 6.09 Å². The van der Waals surface area contributed by atoms with Gasteiger partial charge in [0.05, 0.1) is 28.6 Å². The lowest BCUT2D eigenvalue weighted by molar-refractivity contribution is 0.0204. The number of carbonyl (C=O) groups excluding carboxylic acids is 2. The van der Waals surface area contributed by atoms with Crippen LogP contribution in [0.3, 0.4) is 0 Å². The first kappa shape index (κ1) is 28.8. The van der Waals surface area contributed by atoms with Crippen molar-refractivity contribution in [1.82, 2.24) is 19.3 Å². The van der Waals surface area contributed by atoms with Crippen molar-refractivity contribution in [3.05, 3.63) is 59.1 Å². The number of rotatable bonds is 5. The lowest BCUT2D eigenvalue weighted by Gasteiger charge is -2.32. The normalized spacial score (nSPS) is 19.3. The quantitative estimate of drug-likeness (QED) is 0.412. The highest BCUT2D eigenvalue weighted by Gasteiger charge is 2.58. The Labute approximate surface area is 235 Å². The van der Waals surface area contributed by atoms with Crippen LogP contribution in [0, 0.1) is 5.82 Å². The van der Waals surface area contributed by atoms with Crippen LogP contribution in [0.25, 0.3) is 5.65 Å². The number of halogens is 3. The molecule has 12 heteroatoms. The zero-order chi connectivity index (χ0) is 29.9.